The van der Waals surface area contributed by atoms with Crippen LogP contribution >= 0.6 is 0 Å². The van der Waals surface area contributed by atoms with Crippen LogP contribution in [0.5, 0.6) is 11.8 Å². The van der Waals surface area contributed by atoms with Gasteiger partial charge in [0.2, 0.25) is 0 Å². The second kappa shape index (κ2) is 9.03. The molecule has 9 nitrogen and oxygen atoms in total. The summed E-state index contributed by atoms with van der Waals surface area (Å²) in [5.41, 5.74) is 1.72. The van der Waals surface area contributed by atoms with Gasteiger partial charge in [0.25, 0.3) is 6.47 Å². The highest BCUT2D eigenvalue weighted by atomic mass is 16.6. The van der Waals surface area contributed by atoms with Gasteiger partial charge in [0.05, 0.1) is 18.1 Å². The van der Waals surface area contributed by atoms with Crippen LogP contribution in [0.15, 0.2) is 36.7 Å². The van der Waals surface area contributed by atoms with E-state index in [-0.39, 0.29) is 12.1 Å². The van der Waals surface area contributed by atoms with E-state index in [9.17, 15) is 9.59 Å². The summed E-state index contributed by atoms with van der Waals surface area (Å²) >= 11 is 0. The number of benzene rings is 1. The van der Waals surface area contributed by atoms with E-state index in [0.717, 1.165) is 16.6 Å². The Morgan fingerprint density at radius 3 is 2.58 bits per heavy atom. The van der Waals surface area contributed by atoms with Crippen molar-refractivity contribution in [3.63, 3.8) is 0 Å². The molecule has 0 saturated carbocycles. The summed E-state index contributed by atoms with van der Waals surface area (Å²) in [7, 11) is 1.59. The summed E-state index contributed by atoms with van der Waals surface area (Å²) in [6, 6.07) is 7.73. The second-order valence-corrected chi connectivity index (χ2v) is 8.16. The molecule has 0 saturated heterocycles. The molecule has 3 rings (SSSR count). The van der Waals surface area contributed by atoms with Crippen molar-refractivity contribution in [2.45, 2.75) is 45.8 Å². The fraction of sp³-hybridized carbons (Fsp3) is 0.364. The first-order valence-electron chi connectivity index (χ1n) is 9.82. The van der Waals surface area contributed by atoms with Crippen molar-refractivity contribution in [1.29, 1.82) is 0 Å². The molecular weight excluding hydrogens is 400 g/mol. The maximum atomic E-state index is 12.2. The Balaban J connectivity index is 1.68. The highest BCUT2D eigenvalue weighted by molar-refractivity contribution is 5.86. The molecule has 31 heavy (non-hydrogen) atoms. The molecule has 0 radical (unpaired) electrons. The summed E-state index contributed by atoms with van der Waals surface area (Å²) < 4.78 is 16.0. The fourth-order valence-corrected chi connectivity index (χ4v) is 2.87. The molecule has 1 N–H and O–H groups in total. The molecule has 9 heteroatoms. The Hall–Kier alpha value is -3.62. The molecule has 1 amide bonds. The van der Waals surface area contributed by atoms with E-state index in [1.807, 2.05) is 31.2 Å². The normalized spacial score (nSPS) is 12.3. The average molecular weight is 426 g/mol. The number of nitrogens with one attached hydrogen (secondary N) is 1. The lowest BCUT2D eigenvalue weighted by molar-refractivity contribution is -0.132. The lowest BCUT2D eigenvalue weighted by atomic mass is 10.2. The van der Waals surface area contributed by atoms with Gasteiger partial charge in [-0.25, -0.2) is 14.8 Å². The minimum atomic E-state index is -0.592. The molecule has 3 aromatic rings. The summed E-state index contributed by atoms with van der Waals surface area (Å²) in [6.07, 6.45) is 2.86. The van der Waals surface area contributed by atoms with Crippen molar-refractivity contribution in [3.8, 4) is 11.8 Å². The molecule has 2 aromatic heterocycles. The first kappa shape index (κ1) is 22.1. The van der Waals surface area contributed by atoms with Crippen LogP contribution in [0.2, 0.25) is 0 Å². The van der Waals surface area contributed by atoms with Crippen molar-refractivity contribution in [2.24, 2.45) is 0 Å². The largest absolute Gasteiger partial charge is 0.464 e. The second-order valence-electron chi connectivity index (χ2n) is 8.16. The lowest BCUT2D eigenvalue weighted by Crippen LogP contribution is -2.34. The number of ether oxygens (including phenoxy) is 3. The maximum Gasteiger partial charge on any atom is 0.414 e. The average Bonchev–Trinajstić information content (AvgIpc) is 3.08. The third kappa shape index (κ3) is 5.94. The molecule has 1 aromatic carbocycles. The van der Waals surface area contributed by atoms with Crippen molar-refractivity contribution < 1.29 is 23.8 Å². The first-order valence-corrected chi connectivity index (χ1v) is 9.82. The fourth-order valence-electron chi connectivity index (χ4n) is 2.87. The third-order valence-electron chi connectivity index (χ3n) is 4.32. The lowest BCUT2D eigenvalue weighted by Gasteiger charge is -2.24. The topological polar surface area (TPSA) is 107 Å². The first-order chi connectivity index (χ1) is 14.6. The minimum absolute atomic E-state index is 0.153. The van der Waals surface area contributed by atoms with E-state index in [1.165, 1.54) is 17.3 Å². The quantitative estimate of drug-likeness (QED) is 0.564. The Morgan fingerprint density at radius 2 is 1.94 bits per heavy atom. The van der Waals surface area contributed by atoms with Gasteiger partial charge in [-0.1, -0.05) is 0 Å². The number of fused-ring (bicyclic) bond motifs is 1. The molecule has 0 aliphatic heterocycles. The van der Waals surface area contributed by atoms with Gasteiger partial charge in [0.1, 0.15) is 17.5 Å². The van der Waals surface area contributed by atoms with E-state index >= 15 is 0 Å². The molecule has 0 fully saturated rings. The van der Waals surface area contributed by atoms with E-state index < -0.39 is 11.7 Å². The maximum absolute atomic E-state index is 12.2. The summed E-state index contributed by atoms with van der Waals surface area (Å²) in [5, 5.41) is 1.01. The number of hydrogen-bond donors (Lipinski definition) is 1. The zero-order valence-electron chi connectivity index (χ0n) is 18.2. The number of aromatic amines is 1. The van der Waals surface area contributed by atoms with E-state index in [1.54, 1.807) is 27.8 Å². The summed E-state index contributed by atoms with van der Waals surface area (Å²) in [5.74, 6) is 0.561. The molecule has 1 unspecified atom stereocenters. The van der Waals surface area contributed by atoms with Crippen LogP contribution in [-0.4, -0.2) is 46.3 Å². The van der Waals surface area contributed by atoms with Crippen molar-refractivity contribution in [3.05, 3.63) is 42.4 Å². The minimum Gasteiger partial charge on any atom is -0.464 e. The molecular formula is C22H26N4O5. The van der Waals surface area contributed by atoms with Crippen molar-refractivity contribution in [2.75, 3.05) is 11.9 Å². The molecule has 0 spiro atoms. The number of amides is 1. The molecule has 164 valence electrons. The number of H-pyrrole nitrogens is 1. The molecule has 2 heterocycles. The molecule has 0 aliphatic rings. The Morgan fingerprint density at radius 1 is 1.23 bits per heavy atom. The summed E-state index contributed by atoms with van der Waals surface area (Å²) in [4.78, 5) is 35.6. The van der Waals surface area contributed by atoms with Gasteiger partial charge in [-0.05, 0) is 51.3 Å². The van der Waals surface area contributed by atoms with E-state index in [4.69, 9.17) is 14.2 Å². The van der Waals surface area contributed by atoms with Gasteiger partial charge < -0.3 is 19.2 Å². The van der Waals surface area contributed by atoms with Crippen LogP contribution in [0.1, 0.15) is 33.4 Å². The Bertz CT molecular complexity index is 1060. The standard InChI is InChI=1S/C22H26N4O5/c1-14(29-13-27)8-16-9-15-6-7-18(10-19(15)25-16)30-20-23-11-17(12-24-20)26(5)21(28)31-22(2,3)4/h6-7,9-14,25H,8H2,1-5H3. The molecule has 1 atom stereocenters. The van der Waals surface area contributed by atoms with Crippen molar-refractivity contribution in [1.82, 2.24) is 15.0 Å². The number of hydrogen-bond acceptors (Lipinski definition) is 7. The smallest absolute Gasteiger partial charge is 0.414 e. The van der Waals surface area contributed by atoms with Gasteiger partial charge in [0.15, 0.2) is 0 Å². The van der Waals surface area contributed by atoms with Crippen LogP contribution in [0.25, 0.3) is 10.9 Å². The van der Waals surface area contributed by atoms with E-state index in [0.29, 0.717) is 24.3 Å². The molecule has 0 bridgehead atoms. The Labute approximate surface area is 180 Å². The van der Waals surface area contributed by atoms with Crippen LogP contribution in [-0.2, 0) is 20.7 Å². The van der Waals surface area contributed by atoms with Gasteiger partial charge in [0, 0.05) is 30.7 Å². The zero-order chi connectivity index (χ0) is 22.6. The zero-order valence-corrected chi connectivity index (χ0v) is 18.2. The third-order valence-corrected chi connectivity index (χ3v) is 4.32. The number of carbonyl (C=O) groups is 2. The van der Waals surface area contributed by atoms with Crippen LogP contribution in [0.4, 0.5) is 10.5 Å². The number of aromatic nitrogens is 3. The van der Waals surface area contributed by atoms with Crippen LogP contribution in [0.3, 0.4) is 0 Å². The summed E-state index contributed by atoms with van der Waals surface area (Å²) in [6.45, 7) is 7.69. The van der Waals surface area contributed by atoms with Gasteiger partial charge in [-0.15, -0.1) is 0 Å². The predicted molar refractivity (Wildman–Crippen MR) is 115 cm³/mol. The predicted octanol–water partition coefficient (Wildman–Crippen LogP) is 4.23. The molecule has 0 aliphatic carbocycles. The highest BCUT2D eigenvalue weighted by Crippen LogP contribution is 2.25. The van der Waals surface area contributed by atoms with Gasteiger partial charge in [-0.3, -0.25) is 9.69 Å². The number of nitrogens with zero attached hydrogens (tertiary/aromatic N) is 3. The number of carbonyl (C=O) groups excluding carboxylic acids is 2. The number of rotatable bonds is 7. The monoisotopic (exact) mass is 426 g/mol. The van der Waals surface area contributed by atoms with Gasteiger partial charge in [-0.2, -0.15) is 0 Å². The number of anilines is 1. The Kier molecular flexibility index (Phi) is 6.43. The van der Waals surface area contributed by atoms with E-state index in [2.05, 4.69) is 15.0 Å². The van der Waals surface area contributed by atoms with Gasteiger partial charge >= 0.3 is 12.1 Å². The van der Waals surface area contributed by atoms with Crippen LogP contribution < -0.4 is 9.64 Å². The highest BCUT2D eigenvalue weighted by Gasteiger charge is 2.21. The van der Waals surface area contributed by atoms with Crippen molar-refractivity contribution >= 4 is 29.2 Å². The SMILES string of the molecule is CC(Cc1cc2ccc(Oc3ncc(N(C)C(=O)OC(C)(C)C)cn3)cc2[nH]1)OC=O. The van der Waals surface area contributed by atoms with Crippen LogP contribution in [0, 0.1) is 0 Å².